The lowest BCUT2D eigenvalue weighted by molar-refractivity contribution is -0.152. The Labute approximate surface area is 115 Å². The SMILES string of the molecule is FC(F)(F)c1cc2cc(CC3CCNCC3)ccc2o1. The molecule has 0 amide bonds. The number of halogens is 3. The molecule has 1 saturated heterocycles. The highest BCUT2D eigenvalue weighted by Crippen LogP contribution is 2.34. The van der Waals surface area contributed by atoms with Crippen molar-refractivity contribution in [2.45, 2.75) is 25.4 Å². The van der Waals surface area contributed by atoms with Gasteiger partial charge in [-0.3, -0.25) is 0 Å². The minimum absolute atomic E-state index is 0.298. The Morgan fingerprint density at radius 3 is 2.60 bits per heavy atom. The fourth-order valence-corrected chi connectivity index (χ4v) is 2.78. The van der Waals surface area contributed by atoms with Crippen LogP contribution in [0.15, 0.2) is 28.7 Å². The zero-order valence-corrected chi connectivity index (χ0v) is 11.0. The maximum atomic E-state index is 12.6. The summed E-state index contributed by atoms with van der Waals surface area (Å²) >= 11 is 0. The zero-order chi connectivity index (χ0) is 14.2. The van der Waals surface area contributed by atoms with Crippen molar-refractivity contribution in [2.75, 3.05) is 13.1 Å². The van der Waals surface area contributed by atoms with Crippen molar-refractivity contribution in [2.24, 2.45) is 5.92 Å². The smallest absolute Gasteiger partial charge is 0.449 e. The number of hydrogen-bond acceptors (Lipinski definition) is 2. The summed E-state index contributed by atoms with van der Waals surface area (Å²) in [7, 11) is 0. The summed E-state index contributed by atoms with van der Waals surface area (Å²) in [4.78, 5) is 0. The van der Waals surface area contributed by atoms with Crippen LogP contribution >= 0.6 is 0 Å². The monoisotopic (exact) mass is 283 g/mol. The highest BCUT2D eigenvalue weighted by atomic mass is 19.4. The van der Waals surface area contributed by atoms with E-state index in [4.69, 9.17) is 4.42 Å². The molecule has 1 aliphatic rings. The number of rotatable bonds is 2. The van der Waals surface area contributed by atoms with Crippen molar-refractivity contribution in [1.82, 2.24) is 5.32 Å². The van der Waals surface area contributed by atoms with E-state index in [9.17, 15) is 13.2 Å². The lowest BCUT2D eigenvalue weighted by Crippen LogP contribution is -2.28. The summed E-state index contributed by atoms with van der Waals surface area (Å²) in [6, 6.07) is 6.41. The van der Waals surface area contributed by atoms with Gasteiger partial charge in [0.1, 0.15) is 5.58 Å². The van der Waals surface area contributed by atoms with E-state index in [0.717, 1.165) is 44.0 Å². The average molecular weight is 283 g/mol. The van der Waals surface area contributed by atoms with Crippen molar-refractivity contribution in [3.05, 3.63) is 35.6 Å². The first-order chi connectivity index (χ1) is 9.52. The van der Waals surface area contributed by atoms with Crippen molar-refractivity contribution in [3.8, 4) is 0 Å². The van der Waals surface area contributed by atoms with Crippen LogP contribution in [0.5, 0.6) is 0 Å². The summed E-state index contributed by atoms with van der Waals surface area (Å²) in [6.07, 6.45) is -1.26. The predicted octanol–water partition coefficient (Wildman–Crippen LogP) is 3.99. The van der Waals surface area contributed by atoms with Crippen LogP contribution in [0.4, 0.5) is 13.2 Å². The van der Waals surface area contributed by atoms with Gasteiger partial charge in [0.15, 0.2) is 0 Å². The van der Waals surface area contributed by atoms with Crippen LogP contribution in [-0.4, -0.2) is 13.1 Å². The van der Waals surface area contributed by atoms with Gasteiger partial charge in [-0.2, -0.15) is 13.2 Å². The number of piperidine rings is 1. The van der Waals surface area contributed by atoms with Gasteiger partial charge in [0.05, 0.1) is 0 Å². The molecule has 3 rings (SSSR count). The van der Waals surface area contributed by atoms with Crippen molar-refractivity contribution < 1.29 is 17.6 Å². The van der Waals surface area contributed by atoms with Crippen molar-refractivity contribution >= 4 is 11.0 Å². The molecule has 1 aromatic heterocycles. The lowest BCUT2D eigenvalue weighted by Gasteiger charge is -2.22. The molecule has 5 heteroatoms. The first-order valence-corrected chi connectivity index (χ1v) is 6.83. The third kappa shape index (κ3) is 2.82. The molecule has 0 unspecified atom stereocenters. The Balaban J connectivity index is 1.82. The van der Waals surface area contributed by atoms with Crippen LogP contribution in [0.1, 0.15) is 24.2 Å². The fraction of sp³-hybridized carbons (Fsp3) is 0.467. The highest BCUT2D eigenvalue weighted by Gasteiger charge is 2.35. The predicted molar refractivity (Wildman–Crippen MR) is 70.5 cm³/mol. The molecule has 1 aliphatic heterocycles. The molecular weight excluding hydrogens is 267 g/mol. The third-order valence-corrected chi connectivity index (χ3v) is 3.84. The van der Waals surface area contributed by atoms with E-state index in [2.05, 4.69) is 5.32 Å². The van der Waals surface area contributed by atoms with Gasteiger partial charge in [-0.25, -0.2) is 0 Å². The Hall–Kier alpha value is -1.49. The summed E-state index contributed by atoms with van der Waals surface area (Å²) < 4.78 is 42.6. The second-order valence-electron chi connectivity index (χ2n) is 5.38. The van der Waals surface area contributed by atoms with E-state index in [-0.39, 0.29) is 0 Å². The van der Waals surface area contributed by atoms with Crippen LogP contribution in [0.25, 0.3) is 11.0 Å². The standard InChI is InChI=1S/C15H16F3NO/c16-15(17,18)14-9-12-8-11(1-2-13(12)20-14)7-10-3-5-19-6-4-10/h1-2,8-10,19H,3-7H2. The van der Waals surface area contributed by atoms with Crippen LogP contribution < -0.4 is 5.32 Å². The molecule has 0 saturated carbocycles. The number of alkyl halides is 3. The molecule has 2 aromatic rings. The van der Waals surface area contributed by atoms with Crippen LogP contribution in [0, 0.1) is 5.92 Å². The van der Waals surface area contributed by atoms with Gasteiger partial charge in [-0.15, -0.1) is 0 Å². The summed E-state index contributed by atoms with van der Waals surface area (Å²) in [6.45, 7) is 2.05. The lowest BCUT2D eigenvalue weighted by atomic mass is 9.91. The minimum Gasteiger partial charge on any atom is -0.452 e. The molecule has 20 heavy (non-hydrogen) atoms. The molecule has 0 spiro atoms. The van der Waals surface area contributed by atoms with Crippen LogP contribution in [-0.2, 0) is 12.6 Å². The van der Waals surface area contributed by atoms with Gasteiger partial charge < -0.3 is 9.73 Å². The van der Waals surface area contributed by atoms with Gasteiger partial charge in [0, 0.05) is 5.39 Å². The van der Waals surface area contributed by atoms with Crippen LogP contribution in [0.2, 0.25) is 0 Å². The fourth-order valence-electron chi connectivity index (χ4n) is 2.78. The number of fused-ring (bicyclic) bond motifs is 1. The molecule has 2 nitrogen and oxygen atoms in total. The first kappa shape index (κ1) is 13.5. The molecule has 1 N–H and O–H groups in total. The zero-order valence-electron chi connectivity index (χ0n) is 11.0. The van der Waals surface area contributed by atoms with E-state index >= 15 is 0 Å². The topological polar surface area (TPSA) is 25.2 Å². The van der Waals surface area contributed by atoms with Crippen molar-refractivity contribution in [3.63, 3.8) is 0 Å². The molecule has 0 radical (unpaired) electrons. The second-order valence-corrected chi connectivity index (χ2v) is 5.38. The van der Waals surface area contributed by atoms with Gasteiger partial charge in [0.2, 0.25) is 5.76 Å². The number of benzene rings is 1. The first-order valence-electron chi connectivity index (χ1n) is 6.83. The Bertz CT molecular complexity index is 597. The molecule has 0 bridgehead atoms. The largest absolute Gasteiger partial charge is 0.452 e. The summed E-state index contributed by atoms with van der Waals surface area (Å²) in [5.41, 5.74) is 1.38. The van der Waals surface area contributed by atoms with E-state index < -0.39 is 11.9 Å². The highest BCUT2D eigenvalue weighted by molar-refractivity contribution is 5.78. The minimum atomic E-state index is -4.42. The number of furan rings is 1. The third-order valence-electron chi connectivity index (χ3n) is 3.84. The van der Waals surface area contributed by atoms with Gasteiger partial charge in [-0.05, 0) is 62.0 Å². The number of hydrogen-bond donors (Lipinski definition) is 1. The molecule has 0 aliphatic carbocycles. The van der Waals surface area contributed by atoms with Gasteiger partial charge >= 0.3 is 6.18 Å². The van der Waals surface area contributed by atoms with Gasteiger partial charge in [0.25, 0.3) is 0 Å². The second kappa shape index (κ2) is 5.13. The molecule has 1 fully saturated rings. The Morgan fingerprint density at radius 1 is 1.15 bits per heavy atom. The molecule has 2 heterocycles. The van der Waals surface area contributed by atoms with Crippen molar-refractivity contribution in [1.29, 1.82) is 0 Å². The van der Waals surface area contributed by atoms with E-state index in [1.54, 1.807) is 6.07 Å². The Kier molecular flexibility index (Phi) is 3.46. The van der Waals surface area contributed by atoms with Crippen LogP contribution in [0.3, 0.4) is 0 Å². The maximum Gasteiger partial charge on any atom is 0.449 e. The molecule has 108 valence electrons. The quantitative estimate of drug-likeness (QED) is 0.901. The summed E-state index contributed by atoms with van der Waals surface area (Å²) in [5, 5.41) is 3.84. The summed E-state index contributed by atoms with van der Waals surface area (Å²) in [5.74, 6) is -0.311. The number of nitrogens with one attached hydrogen (secondary N) is 1. The molecule has 1 aromatic carbocycles. The van der Waals surface area contributed by atoms with Gasteiger partial charge in [-0.1, -0.05) is 6.07 Å². The average Bonchev–Trinajstić information content (AvgIpc) is 2.83. The molecular formula is C15H16F3NO. The Morgan fingerprint density at radius 2 is 1.90 bits per heavy atom. The van der Waals surface area contributed by atoms with E-state index in [1.165, 1.54) is 0 Å². The van der Waals surface area contributed by atoms with E-state index in [1.807, 2.05) is 12.1 Å². The molecule has 0 atom stereocenters. The maximum absolute atomic E-state index is 12.6. The van der Waals surface area contributed by atoms with E-state index in [0.29, 0.717) is 16.9 Å². The normalized spacial score (nSPS) is 17.8.